The number of anilines is 1. The van der Waals surface area contributed by atoms with Gasteiger partial charge in [0.2, 0.25) is 11.7 Å². The van der Waals surface area contributed by atoms with E-state index in [1.54, 1.807) is 0 Å². The van der Waals surface area contributed by atoms with Gasteiger partial charge in [0, 0.05) is 17.8 Å². The lowest BCUT2D eigenvalue weighted by Gasteiger charge is -2.29. The first-order chi connectivity index (χ1) is 9.98. The van der Waals surface area contributed by atoms with E-state index in [4.69, 9.17) is 0 Å². The summed E-state index contributed by atoms with van der Waals surface area (Å²) in [5.41, 5.74) is -1.62. The molecule has 0 spiro atoms. The van der Waals surface area contributed by atoms with Crippen molar-refractivity contribution in [3.63, 3.8) is 0 Å². The first-order valence-electron chi connectivity index (χ1n) is 6.65. The first kappa shape index (κ1) is 14.9. The van der Waals surface area contributed by atoms with Gasteiger partial charge in [0.15, 0.2) is 0 Å². The molecule has 0 aromatic heterocycles. The highest BCUT2D eigenvalue weighted by Gasteiger charge is 2.39. The number of nitro benzene ring substituents is 1. The van der Waals surface area contributed by atoms with Gasteiger partial charge in [-0.2, -0.15) is 9.65 Å². The van der Waals surface area contributed by atoms with Crippen molar-refractivity contribution in [2.45, 2.75) is 32.1 Å². The summed E-state index contributed by atoms with van der Waals surface area (Å²) in [6.45, 7) is 0. The smallest absolute Gasteiger partial charge is 0.304 e. The fraction of sp³-hybridized carbons (Fsp3) is 0.429. The van der Waals surface area contributed by atoms with Crippen molar-refractivity contribution in [2.75, 3.05) is 5.32 Å². The van der Waals surface area contributed by atoms with Gasteiger partial charge in [-0.15, -0.1) is 0 Å². The maximum atomic E-state index is 13.5. The summed E-state index contributed by atoms with van der Waals surface area (Å²) in [5, 5.41) is 22.3. The Morgan fingerprint density at radius 2 is 2.05 bits per heavy atom. The van der Waals surface area contributed by atoms with Crippen molar-refractivity contribution in [1.29, 1.82) is 5.26 Å². The van der Waals surface area contributed by atoms with Crippen LogP contribution in [0.25, 0.3) is 0 Å². The highest BCUT2D eigenvalue weighted by atomic mass is 19.1. The molecule has 2 rings (SSSR count). The van der Waals surface area contributed by atoms with Crippen molar-refractivity contribution in [3.8, 4) is 6.07 Å². The highest BCUT2D eigenvalue weighted by Crippen LogP contribution is 2.37. The Morgan fingerprint density at radius 1 is 1.38 bits per heavy atom. The molecular weight excluding hydrogens is 277 g/mol. The second-order valence-electron chi connectivity index (χ2n) is 5.13. The molecule has 0 bridgehead atoms. The van der Waals surface area contributed by atoms with Crippen LogP contribution in [0.15, 0.2) is 18.2 Å². The minimum absolute atomic E-state index is 0.114. The summed E-state index contributed by atoms with van der Waals surface area (Å²) in [4.78, 5) is 22.0. The van der Waals surface area contributed by atoms with Gasteiger partial charge < -0.3 is 5.32 Å². The van der Waals surface area contributed by atoms with Crippen LogP contribution in [0.5, 0.6) is 0 Å². The van der Waals surface area contributed by atoms with Gasteiger partial charge in [-0.25, -0.2) is 0 Å². The number of carbonyl (C=O) groups is 1. The van der Waals surface area contributed by atoms with Gasteiger partial charge >= 0.3 is 5.69 Å². The molecule has 0 atom stereocenters. The largest absolute Gasteiger partial charge is 0.325 e. The van der Waals surface area contributed by atoms with E-state index in [1.165, 1.54) is 6.07 Å². The number of amides is 1. The van der Waals surface area contributed by atoms with E-state index < -0.39 is 27.8 Å². The molecule has 1 N–H and O–H groups in total. The molecule has 1 aromatic rings. The van der Waals surface area contributed by atoms with E-state index in [0.29, 0.717) is 12.8 Å². The summed E-state index contributed by atoms with van der Waals surface area (Å²) < 4.78 is 13.5. The van der Waals surface area contributed by atoms with Crippen LogP contribution >= 0.6 is 0 Å². The molecule has 1 aliphatic rings. The van der Waals surface area contributed by atoms with Gasteiger partial charge in [0.25, 0.3) is 0 Å². The average molecular weight is 291 g/mol. The number of nitrogens with zero attached hydrogens (tertiary/aromatic N) is 2. The lowest BCUT2D eigenvalue weighted by atomic mass is 9.74. The lowest BCUT2D eigenvalue weighted by molar-refractivity contribution is -0.387. The summed E-state index contributed by atoms with van der Waals surface area (Å²) in [6.07, 6.45) is 3.55. The summed E-state index contributed by atoms with van der Waals surface area (Å²) >= 11 is 0. The van der Waals surface area contributed by atoms with Crippen molar-refractivity contribution in [3.05, 3.63) is 34.1 Å². The molecule has 110 valence electrons. The molecule has 21 heavy (non-hydrogen) atoms. The molecule has 0 saturated heterocycles. The van der Waals surface area contributed by atoms with Crippen LogP contribution in [0.2, 0.25) is 0 Å². The van der Waals surface area contributed by atoms with Crippen molar-refractivity contribution in [1.82, 2.24) is 0 Å². The molecular formula is C14H14FN3O3. The van der Waals surface area contributed by atoms with Gasteiger partial charge in [-0.1, -0.05) is 19.3 Å². The highest BCUT2D eigenvalue weighted by molar-refractivity contribution is 5.97. The number of nitro groups is 1. The third kappa shape index (κ3) is 2.99. The predicted octanol–water partition coefficient (Wildman–Crippen LogP) is 3.15. The van der Waals surface area contributed by atoms with Crippen LogP contribution in [0.4, 0.5) is 15.8 Å². The maximum absolute atomic E-state index is 13.5. The number of hydrogen-bond acceptors (Lipinski definition) is 4. The van der Waals surface area contributed by atoms with Crippen molar-refractivity contribution in [2.24, 2.45) is 5.41 Å². The molecule has 1 fully saturated rings. The van der Waals surface area contributed by atoms with E-state index in [9.17, 15) is 24.6 Å². The minimum Gasteiger partial charge on any atom is -0.325 e. The average Bonchev–Trinajstić information content (AvgIpc) is 2.47. The van der Waals surface area contributed by atoms with Crippen LogP contribution in [-0.4, -0.2) is 10.8 Å². The Bertz CT molecular complexity index is 618. The zero-order valence-electron chi connectivity index (χ0n) is 11.3. The number of rotatable bonds is 3. The van der Waals surface area contributed by atoms with Gasteiger partial charge in [-0.3, -0.25) is 14.9 Å². The molecule has 1 aromatic carbocycles. The number of nitrogens with one attached hydrogen (secondary N) is 1. The van der Waals surface area contributed by atoms with E-state index in [-0.39, 0.29) is 5.69 Å². The Balaban J connectivity index is 2.18. The third-order valence-corrected chi connectivity index (χ3v) is 3.76. The van der Waals surface area contributed by atoms with Crippen molar-refractivity contribution < 1.29 is 14.1 Å². The first-order valence-corrected chi connectivity index (χ1v) is 6.65. The zero-order chi connectivity index (χ0) is 15.5. The molecule has 6 nitrogen and oxygen atoms in total. The van der Waals surface area contributed by atoms with Crippen LogP contribution in [0.1, 0.15) is 32.1 Å². The molecule has 7 heteroatoms. The Morgan fingerprint density at radius 3 is 2.57 bits per heavy atom. The standard InChI is InChI=1S/C14H14FN3O3/c15-11-8-10(4-5-12(11)18(20)21)17-13(19)14(9-16)6-2-1-3-7-14/h4-5,8H,1-3,6-7H2,(H,17,19). The number of benzene rings is 1. The van der Waals surface area contributed by atoms with Crippen LogP contribution < -0.4 is 5.32 Å². The van der Waals surface area contributed by atoms with E-state index >= 15 is 0 Å². The van der Waals surface area contributed by atoms with Crippen LogP contribution in [-0.2, 0) is 4.79 Å². The van der Waals surface area contributed by atoms with Crippen LogP contribution in [0.3, 0.4) is 0 Å². The fourth-order valence-electron chi connectivity index (χ4n) is 2.53. The quantitative estimate of drug-likeness (QED) is 0.683. The topological polar surface area (TPSA) is 96.0 Å². The molecule has 0 aliphatic heterocycles. The fourth-order valence-corrected chi connectivity index (χ4v) is 2.53. The summed E-state index contributed by atoms with van der Waals surface area (Å²) in [5.74, 6) is -1.49. The predicted molar refractivity (Wildman–Crippen MR) is 72.8 cm³/mol. The molecule has 0 heterocycles. The number of hydrogen-bond donors (Lipinski definition) is 1. The normalized spacial score (nSPS) is 16.8. The minimum atomic E-state index is -1.09. The molecule has 0 radical (unpaired) electrons. The lowest BCUT2D eigenvalue weighted by Crippen LogP contribution is -2.36. The number of halogens is 1. The maximum Gasteiger partial charge on any atom is 0.304 e. The monoisotopic (exact) mass is 291 g/mol. The van der Waals surface area contributed by atoms with Gasteiger partial charge in [-0.05, 0) is 18.9 Å². The number of carbonyl (C=O) groups excluding carboxylic acids is 1. The van der Waals surface area contributed by atoms with Gasteiger partial charge in [0.1, 0.15) is 5.41 Å². The second-order valence-corrected chi connectivity index (χ2v) is 5.13. The van der Waals surface area contributed by atoms with E-state index in [2.05, 4.69) is 11.4 Å². The van der Waals surface area contributed by atoms with Gasteiger partial charge in [0.05, 0.1) is 11.0 Å². The summed E-state index contributed by atoms with van der Waals surface area (Å²) in [7, 11) is 0. The molecule has 1 amide bonds. The molecule has 1 aliphatic carbocycles. The Labute approximate surface area is 120 Å². The number of nitriles is 1. The third-order valence-electron chi connectivity index (χ3n) is 3.76. The van der Waals surface area contributed by atoms with E-state index in [0.717, 1.165) is 31.4 Å². The second kappa shape index (κ2) is 5.87. The van der Waals surface area contributed by atoms with Crippen LogP contribution in [0, 0.1) is 32.7 Å². The molecule has 0 unspecified atom stereocenters. The Hall–Kier alpha value is -2.49. The van der Waals surface area contributed by atoms with E-state index in [1.807, 2.05) is 0 Å². The SMILES string of the molecule is N#CC1(C(=O)Nc2ccc([N+](=O)[O-])c(F)c2)CCCCC1. The Kier molecular flexibility index (Phi) is 4.17. The van der Waals surface area contributed by atoms with Crippen molar-refractivity contribution >= 4 is 17.3 Å². The molecule has 1 saturated carbocycles. The zero-order valence-corrected chi connectivity index (χ0v) is 11.3. The summed E-state index contributed by atoms with van der Waals surface area (Å²) in [6, 6.07) is 5.21.